The van der Waals surface area contributed by atoms with Gasteiger partial charge in [0.05, 0.1) is 11.3 Å². The normalized spacial score (nSPS) is 20.1. The lowest BCUT2D eigenvalue weighted by molar-refractivity contribution is 0.683. The first-order chi connectivity index (χ1) is 5.80. The molecule has 12 heavy (non-hydrogen) atoms. The van der Waals surface area contributed by atoms with E-state index in [1.165, 1.54) is 5.56 Å². The van der Waals surface area contributed by atoms with E-state index in [1.54, 1.807) is 0 Å². The van der Waals surface area contributed by atoms with Gasteiger partial charge in [0.25, 0.3) is 0 Å². The van der Waals surface area contributed by atoms with E-state index in [4.69, 9.17) is 0 Å². The van der Waals surface area contributed by atoms with Crippen LogP contribution in [-0.2, 0) is 5.79 Å². The van der Waals surface area contributed by atoms with Crippen molar-refractivity contribution in [3.63, 3.8) is 0 Å². The van der Waals surface area contributed by atoms with Crippen LogP contribution in [-0.4, -0.2) is 0 Å². The zero-order valence-corrected chi connectivity index (χ0v) is 6.52. The van der Waals surface area contributed by atoms with Gasteiger partial charge in [0.2, 0.25) is 0 Å². The van der Waals surface area contributed by atoms with Crippen molar-refractivity contribution < 1.29 is 0 Å². The van der Waals surface area contributed by atoms with Gasteiger partial charge >= 0.3 is 5.79 Å². The first-order valence-corrected chi connectivity index (χ1v) is 3.78. The fourth-order valence-electron chi connectivity index (χ4n) is 1.38. The molecule has 4 heteroatoms. The zero-order chi connectivity index (χ0) is 8.18. The summed E-state index contributed by atoms with van der Waals surface area (Å²) < 4.78 is 0. The molecule has 0 unspecified atom stereocenters. The van der Waals surface area contributed by atoms with Gasteiger partial charge in [-0.2, -0.15) is 5.11 Å². The molecule has 0 aliphatic carbocycles. The number of azo groups is 1. The van der Waals surface area contributed by atoms with Crippen LogP contribution in [0.3, 0.4) is 0 Å². The van der Waals surface area contributed by atoms with Gasteiger partial charge in [0.15, 0.2) is 0 Å². The van der Waals surface area contributed by atoms with Crippen molar-refractivity contribution in [3.8, 4) is 0 Å². The van der Waals surface area contributed by atoms with Crippen molar-refractivity contribution in [3.05, 3.63) is 29.3 Å². The average Bonchev–Trinajstić information content (AvgIpc) is 2.73. The van der Waals surface area contributed by atoms with Gasteiger partial charge in [-0.15, -0.1) is 15.3 Å². The Kier molecular flexibility index (Phi) is 0.800. The van der Waals surface area contributed by atoms with Gasteiger partial charge in [-0.3, -0.25) is 0 Å². The third-order valence-corrected chi connectivity index (χ3v) is 2.10. The lowest BCUT2D eigenvalue weighted by Gasteiger charge is -1.99. The predicted octanol–water partition coefficient (Wildman–Crippen LogP) is 2.67. The molecular formula is C8H6N4. The van der Waals surface area contributed by atoms with E-state index in [9.17, 15) is 0 Å². The molecule has 0 atom stereocenters. The summed E-state index contributed by atoms with van der Waals surface area (Å²) in [5.74, 6) is -0.622. The molecule has 1 aromatic carbocycles. The Morgan fingerprint density at radius 2 is 2.00 bits per heavy atom. The zero-order valence-electron chi connectivity index (χ0n) is 6.52. The summed E-state index contributed by atoms with van der Waals surface area (Å²) in [6.45, 7) is 2.03. The Balaban J connectivity index is 2.24. The number of benzene rings is 1. The minimum atomic E-state index is -0.622. The average molecular weight is 158 g/mol. The van der Waals surface area contributed by atoms with Crippen LogP contribution in [0.15, 0.2) is 38.7 Å². The topological polar surface area (TPSA) is 49.4 Å². The molecule has 0 saturated heterocycles. The van der Waals surface area contributed by atoms with Crippen LogP contribution >= 0.6 is 0 Å². The molecule has 0 N–H and O–H groups in total. The highest BCUT2D eigenvalue weighted by molar-refractivity contribution is 5.54. The largest absolute Gasteiger partial charge is 0.327 e. The van der Waals surface area contributed by atoms with E-state index in [1.807, 2.05) is 25.1 Å². The van der Waals surface area contributed by atoms with Gasteiger partial charge in [-0.05, 0) is 24.6 Å². The molecule has 0 aromatic heterocycles. The minimum absolute atomic E-state index is 0.622. The van der Waals surface area contributed by atoms with Crippen molar-refractivity contribution >= 4 is 5.69 Å². The Morgan fingerprint density at radius 3 is 2.75 bits per heavy atom. The van der Waals surface area contributed by atoms with Crippen LogP contribution in [0.4, 0.5) is 5.69 Å². The Hall–Kier alpha value is -1.58. The van der Waals surface area contributed by atoms with Crippen LogP contribution < -0.4 is 0 Å². The molecular weight excluding hydrogens is 152 g/mol. The minimum Gasteiger partial charge on any atom is -0.151 e. The third kappa shape index (κ3) is 0.574. The standard InChI is InChI=1S/C8H6N4/c1-5-2-3-6-7(4-5)9-10-8(6)11-12-8/h2-4H,1H3. The van der Waals surface area contributed by atoms with E-state index in [0.717, 1.165) is 11.3 Å². The molecule has 1 aromatic rings. The summed E-state index contributed by atoms with van der Waals surface area (Å²) in [6, 6.07) is 6.02. The second kappa shape index (κ2) is 1.60. The fraction of sp³-hybridized carbons (Fsp3) is 0.250. The quantitative estimate of drug-likeness (QED) is 0.557. The summed E-state index contributed by atoms with van der Waals surface area (Å²) in [5.41, 5.74) is 3.10. The van der Waals surface area contributed by atoms with Crippen molar-refractivity contribution in [1.29, 1.82) is 0 Å². The maximum Gasteiger partial charge on any atom is 0.327 e. The Labute approximate surface area is 69.0 Å². The van der Waals surface area contributed by atoms with Gasteiger partial charge in [0.1, 0.15) is 0 Å². The number of hydrogen-bond acceptors (Lipinski definition) is 4. The molecule has 2 heterocycles. The van der Waals surface area contributed by atoms with Gasteiger partial charge < -0.3 is 0 Å². The fourth-order valence-corrected chi connectivity index (χ4v) is 1.38. The molecule has 0 fully saturated rings. The van der Waals surface area contributed by atoms with E-state index in [-0.39, 0.29) is 0 Å². The van der Waals surface area contributed by atoms with Crippen LogP contribution in [0.2, 0.25) is 0 Å². The van der Waals surface area contributed by atoms with Crippen molar-refractivity contribution in [2.75, 3.05) is 0 Å². The van der Waals surface area contributed by atoms with E-state index >= 15 is 0 Å². The maximum atomic E-state index is 4.01. The van der Waals surface area contributed by atoms with E-state index in [2.05, 4.69) is 20.5 Å². The third-order valence-electron chi connectivity index (χ3n) is 2.10. The lowest BCUT2D eigenvalue weighted by Crippen LogP contribution is -1.98. The summed E-state index contributed by atoms with van der Waals surface area (Å²) in [5, 5.41) is 15.7. The maximum absolute atomic E-state index is 4.01. The SMILES string of the molecule is Cc1ccc2c(c1)N=NC21N=N1. The Bertz CT molecular complexity index is 413. The number of fused-ring (bicyclic) bond motifs is 2. The van der Waals surface area contributed by atoms with Crippen LogP contribution in [0.5, 0.6) is 0 Å². The first kappa shape index (κ1) is 5.99. The number of aryl methyl sites for hydroxylation is 1. The number of hydrogen-bond donors (Lipinski definition) is 0. The van der Waals surface area contributed by atoms with Crippen molar-refractivity contribution in [2.45, 2.75) is 12.7 Å². The molecule has 2 aliphatic rings. The molecule has 0 radical (unpaired) electrons. The molecule has 0 saturated carbocycles. The highest BCUT2D eigenvalue weighted by Crippen LogP contribution is 2.50. The number of rotatable bonds is 0. The van der Waals surface area contributed by atoms with Crippen molar-refractivity contribution in [2.24, 2.45) is 20.5 Å². The van der Waals surface area contributed by atoms with Gasteiger partial charge in [0, 0.05) is 0 Å². The van der Waals surface area contributed by atoms with E-state index < -0.39 is 5.79 Å². The van der Waals surface area contributed by atoms with Crippen LogP contribution in [0, 0.1) is 6.92 Å². The molecule has 3 rings (SSSR count). The Morgan fingerprint density at radius 1 is 1.17 bits per heavy atom. The second-order valence-corrected chi connectivity index (χ2v) is 3.06. The molecule has 2 aliphatic heterocycles. The number of nitrogens with zero attached hydrogens (tertiary/aromatic N) is 4. The highest BCUT2D eigenvalue weighted by Gasteiger charge is 2.47. The molecule has 0 bridgehead atoms. The monoisotopic (exact) mass is 158 g/mol. The molecule has 1 spiro atoms. The summed E-state index contributed by atoms with van der Waals surface area (Å²) in [4.78, 5) is 0. The lowest BCUT2D eigenvalue weighted by atomic mass is 10.1. The summed E-state index contributed by atoms with van der Waals surface area (Å²) >= 11 is 0. The second-order valence-electron chi connectivity index (χ2n) is 3.06. The summed E-state index contributed by atoms with van der Waals surface area (Å²) in [7, 11) is 0. The summed E-state index contributed by atoms with van der Waals surface area (Å²) in [6.07, 6.45) is 0. The van der Waals surface area contributed by atoms with Gasteiger partial charge in [-0.1, -0.05) is 6.07 Å². The van der Waals surface area contributed by atoms with Crippen molar-refractivity contribution in [1.82, 2.24) is 0 Å². The highest BCUT2D eigenvalue weighted by atomic mass is 15.6. The van der Waals surface area contributed by atoms with Gasteiger partial charge in [-0.25, -0.2) is 0 Å². The van der Waals surface area contributed by atoms with Crippen LogP contribution in [0.1, 0.15) is 11.1 Å². The predicted molar refractivity (Wildman–Crippen MR) is 42.2 cm³/mol. The van der Waals surface area contributed by atoms with Crippen LogP contribution in [0.25, 0.3) is 0 Å². The smallest absolute Gasteiger partial charge is 0.151 e. The molecule has 58 valence electrons. The van der Waals surface area contributed by atoms with E-state index in [0.29, 0.717) is 0 Å². The molecule has 0 amide bonds. The molecule has 4 nitrogen and oxygen atoms in total. The first-order valence-electron chi connectivity index (χ1n) is 3.78.